The SMILES string of the molecule is Cc1ccc(Nc2cnnc(N3CCC(C)CC3)n2)cc1Cl. The van der Waals surface area contributed by atoms with Crippen molar-refractivity contribution in [2.75, 3.05) is 23.3 Å². The zero-order valence-corrected chi connectivity index (χ0v) is 13.6. The van der Waals surface area contributed by atoms with Crippen LogP contribution in [0, 0.1) is 12.8 Å². The Kier molecular flexibility index (Phi) is 4.43. The predicted molar refractivity (Wildman–Crippen MR) is 89.9 cm³/mol. The van der Waals surface area contributed by atoms with E-state index in [9.17, 15) is 0 Å². The number of aromatic nitrogens is 3. The number of piperidine rings is 1. The minimum Gasteiger partial charge on any atom is -0.339 e. The molecule has 0 atom stereocenters. The molecule has 1 fully saturated rings. The molecule has 6 heteroatoms. The highest BCUT2D eigenvalue weighted by atomic mass is 35.5. The molecule has 1 aromatic carbocycles. The number of hydrogen-bond acceptors (Lipinski definition) is 5. The van der Waals surface area contributed by atoms with E-state index in [1.165, 1.54) is 12.8 Å². The first-order valence-corrected chi connectivity index (χ1v) is 7.97. The predicted octanol–water partition coefficient (Wildman–Crippen LogP) is 3.81. The lowest BCUT2D eigenvalue weighted by Gasteiger charge is -2.29. The maximum Gasteiger partial charge on any atom is 0.247 e. The first kappa shape index (κ1) is 15.0. The van der Waals surface area contributed by atoms with Gasteiger partial charge in [-0.25, -0.2) is 0 Å². The average Bonchev–Trinajstić information content (AvgIpc) is 2.52. The maximum atomic E-state index is 6.15. The summed E-state index contributed by atoms with van der Waals surface area (Å²) in [4.78, 5) is 6.76. The molecule has 116 valence electrons. The van der Waals surface area contributed by atoms with E-state index in [2.05, 4.69) is 32.3 Å². The summed E-state index contributed by atoms with van der Waals surface area (Å²) in [6, 6.07) is 5.85. The third-order valence-electron chi connectivity index (χ3n) is 4.06. The fourth-order valence-electron chi connectivity index (χ4n) is 2.52. The van der Waals surface area contributed by atoms with E-state index in [0.29, 0.717) is 11.8 Å². The van der Waals surface area contributed by atoms with Gasteiger partial charge in [-0.2, -0.15) is 10.1 Å². The van der Waals surface area contributed by atoms with Gasteiger partial charge in [-0.3, -0.25) is 0 Å². The van der Waals surface area contributed by atoms with Crippen LogP contribution in [0.4, 0.5) is 17.5 Å². The van der Waals surface area contributed by atoms with Crippen molar-refractivity contribution in [3.05, 3.63) is 35.0 Å². The van der Waals surface area contributed by atoms with Crippen LogP contribution < -0.4 is 10.2 Å². The second-order valence-corrected chi connectivity index (χ2v) is 6.31. The van der Waals surface area contributed by atoms with Crippen molar-refractivity contribution < 1.29 is 0 Å². The molecule has 1 aromatic heterocycles. The van der Waals surface area contributed by atoms with Crippen molar-refractivity contribution in [2.45, 2.75) is 26.7 Å². The van der Waals surface area contributed by atoms with Crippen LogP contribution in [0.25, 0.3) is 0 Å². The minimum atomic E-state index is 0.684. The summed E-state index contributed by atoms with van der Waals surface area (Å²) in [5, 5.41) is 12.2. The highest BCUT2D eigenvalue weighted by Crippen LogP contribution is 2.24. The first-order chi connectivity index (χ1) is 10.6. The van der Waals surface area contributed by atoms with E-state index >= 15 is 0 Å². The molecule has 0 spiro atoms. The summed E-state index contributed by atoms with van der Waals surface area (Å²) in [6.45, 7) is 6.24. The fraction of sp³-hybridized carbons (Fsp3) is 0.438. The van der Waals surface area contributed by atoms with E-state index < -0.39 is 0 Å². The Morgan fingerprint density at radius 2 is 2.05 bits per heavy atom. The van der Waals surface area contributed by atoms with Gasteiger partial charge in [0.1, 0.15) is 0 Å². The largest absolute Gasteiger partial charge is 0.339 e. The maximum absolute atomic E-state index is 6.15. The summed E-state index contributed by atoms with van der Waals surface area (Å²) >= 11 is 6.15. The highest BCUT2D eigenvalue weighted by molar-refractivity contribution is 6.31. The second kappa shape index (κ2) is 6.48. The Balaban J connectivity index is 1.74. The van der Waals surface area contributed by atoms with Crippen LogP contribution in [-0.2, 0) is 0 Å². The monoisotopic (exact) mass is 317 g/mol. The van der Waals surface area contributed by atoms with Crippen LogP contribution in [0.5, 0.6) is 0 Å². The molecular formula is C16H20ClN5. The summed E-state index contributed by atoms with van der Waals surface area (Å²) in [6.07, 6.45) is 3.98. The topological polar surface area (TPSA) is 53.9 Å². The lowest BCUT2D eigenvalue weighted by atomic mass is 10.00. The molecule has 1 aliphatic heterocycles. The van der Waals surface area contributed by atoms with E-state index in [0.717, 1.165) is 35.3 Å². The van der Waals surface area contributed by atoms with E-state index in [4.69, 9.17) is 11.6 Å². The number of halogens is 1. The molecule has 0 aliphatic carbocycles. The number of hydrogen-bond donors (Lipinski definition) is 1. The fourth-order valence-corrected chi connectivity index (χ4v) is 2.70. The highest BCUT2D eigenvalue weighted by Gasteiger charge is 2.18. The molecule has 0 unspecified atom stereocenters. The standard InChI is InChI=1S/C16H20ClN5/c1-11-5-7-22(8-6-11)16-20-15(10-18-21-16)19-13-4-3-12(2)14(17)9-13/h3-4,9-11H,5-8H2,1-2H3,(H,19,20,21). The Hall–Kier alpha value is -1.88. The average molecular weight is 318 g/mol. The lowest BCUT2D eigenvalue weighted by Crippen LogP contribution is -2.34. The van der Waals surface area contributed by atoms with Gasteiger partial charge in [0.05, 0.1) is 6.20 Å². The van der Waals surface area contributed by atoms with Crippen molar-refractivity contribution in [2.24, 2.45) is 5.92 Å². The van der Waals surface area contributed by atoms with E-state index in [-0.39, 0.29) is 0 Å². The Labute approximate surface area is 135 Å². The zero-order valence-electron chi connectivity index (χ0n) is 12.9. The van der Waals surface area contributed by atoms with Crippen molar-refractivity contribution >= 4 is 29.1 Å². The van der Waals surface area contributed by atoms with Crippen LogP contribution in [-0.4, -0.2) is 28.3 Å². The van der Waals surface area contributed by atoms with Gasteiger partial charge < -0.3 is 10.2 Å². The molecule has 22 heavy (non-hydrogen) atoms. The third kappa shape index (κ3) is 3.47. The molecule has 3 rings (SSSR count). The van der Waals surface area contributed by atoms with E-state index in [1.54, 1.807) is 6.20 Å². The van der Waals surface area contributed by atoms with Gasteiger partial charge in [-0.1, -0.05) is 24.6 Å². The number of nitrogens with one attached hydrogen (secondary N) is 1. The van der Waals surface area contributed by atoms with Crippen molar-refractivity contribution in [1.29, 1.82) is 0 Å². The second-order valence-electron chi connectivity index (χ2n) is 5.90. The quantitative estimate of drug-likeness (QED) is 0.932. The van der Waals surface area contributed by atoms with Crippen LogP contribution in [0.1, 0.15) is 25.3 Å². The zero-order chi connectivity index (χ0) is 15.5. The van der Waals surface area contributed by atoms with Crippen LogP contribution in [0.15, 0.2) is 24.4 Å². The van der Waals surface area contributed by atoms with Crippen LogP contribution in [0.2, 0.25) is 5.02 Å². The van der Waals surface area contributed by atoms with Crippen molar-refractivity contribution in [3.8, 4) is 0 Å². The van der Waals surface area contributed by atoms with Gasteiger partial charge in [0.25, 0.3) is 0 Å². The number of nitrogens with zero attached hydrogens (tertiary/aromatic N) is 4. The molecule has 1 aliphatic rings. The first-order valence-electron chi connectivity index (χ1n) is 7.59. The molecule has 2 aromatic rings. The summed E-state index contributed by atoms with van der Waals surface area (Å²) in [5.41, 5.74) is 1.95. The van der Waals surface area contributed by atoms with Crippen molar-refractivity contribution in [1.82, 2.24) is 15.2 Å². The Morgan fingerprint density at radius 3 is 2.77 bits per heavy atom. The number of anilines is 3. The van der Waals surface area contributed by atoms with E-state index in [1.807, 2.05) is 25.1 Å². The van der Waals surface area contributed by atoms with Crippen LogP contribution >= 0.6 is 11.6 Å². The minimum absolute atomic E-state index is 0.684. The van der Waals surface area contributed by atoms with Gasteiger partial charge in [0.15, 0.2) is 5.82 Å². The van der Waals surface area contributed by atoms with Gasteiger partial charge in [0.2, 0.25) is 5.95 Å². The van der Waals surface area contributed by atoms with Gasteiger partial charge in [-0.15, -0.1) is 5.10 Å². The Morgan fingerprint density at radius 1 is 1.27 bits per heavy atom. The smallest absolute Gasteiger partial charge is 0.247 e. The molecule has 2 heterocycles. The summed E-state index contributed by atoms with van der Waals surface area (Å²) in [5.74, 6) is 2.15. The van der Waals surface area contributed by atoms with Gasteiger partial charge >= 0.3 is 0 Å². The molecule has 0 radical (unpaired) electrons. The number of rotatable bonds is 3. The number of benzene rings is 1. The molecule has 0 saturated carbocycles. The molecule has 1 N–H and O–H groups in total. The third-order valence-corrected chi connectivity index (χ3v) is 4.47. The van der Waals surface area contributed by atoms with Gasteiger partial charge in [-0.05, 0) is 43.4 Å². The Bertz CT molecular complexity index is 653. The molecular weight excluding hydrogens is 298 g/mol. The molecule has 1 saturated heterocycles. The normalized spacial score (nSPS) is 15.9. The molecule has 0 amide bonds. The molecule has 0 bridgehead atoms. The lowest BCUT2D eigenvalue weighted by molar-refractivity contribution is 0.433. The van der Waals surface area contributed by atoms with Crippen LogP contribution in [0.3, 0.4) is 0 Å². The summed E-state index contributed by atoms with van der Waals surface area (Å²) < 4.78 is 0. The van der Waals surface area contributed by atoms with Gasteiger partial charge in [0, 0.05) is 23.8 Å². The summed E-state index contributed by atoms with van der Waals surface area (Å²) in [7, 11) is 0. The number of aryl methyl sites for hydroxylation is 1. The van der Waals surface area contributed by atoms with Crippen molar-refractivity contribution in [3.63, 3.8) is 0 Å². The molecule has 5 nitrogen and oxygen atoms in total.